The zero-order valence-corrected chi connectivity index (χ0v) is 12.4. The van der Waals surface area contributed by atoms with E-state index in [0.29, 0.717) is 18.7 Å². The molecule has 0 aliphatic carbocycles. The normalized spacial score (nSPS) is 9.95. The van der Waals surface area contributed by atoms with Crippen LogP contribution in [0, 0.1) is 0 Å². The van der Waals surface area contributed by atoms with Gasteiger partial charge in [0.05, 0.1) is 0 Å². The smallest absolute Gasteiger partial charge is 0.251 e. The van der Waals surface area contributed by atoms with Crippen molar-refractivity contribution in [3.8, 4) is 0 Å². The summed E-state index contributed by atoms with van der Waals surface area (Å²) in [6.07, 6.45) is 1.71. The molecule has 21 heavy (non-hydrogen) atoms. The number of aromatic nitrogens is 1. The maximum absolute atomic E-state index is 12.0. The van der Waals surface area contributed by atoms with Gasteiger partial charge in [-0.25, -0.2) is 4.98 Å². The van der Waals surface area contributed by atoms with Gasteiger partial charge in [-0.2, -0.15) is 0 Å². The Morgan fingerprint density at radius 2 is 2.05 bits per heavy atom. The zero-order chi connectivity index (χ0) is 15.1. The predicted octanol–water partition coefficient (Wildman–Crippen LogP) is 1.75. The van der Waals surface area contributed by atoms with Crippen molar-refractivity contribution in [2.75, 3.05) is 18.4 Å². The summed E-state index contributed by atoms with van der Waals surface area (Å²) in [4.78, 5) is 26.8. The molecule has 1 aromatic heterocycles. The minimum atomic E-state index is -0.178. The van der Waals surface area contributed by atoms with Crippen LogP contribution in [0.3, 0.4) is 0 Å². The van der Waals surface area contributed by atoms with E-state index in [4.69, 9.17) is 0 Å². The first-order valence-electron chi connectivity index (χ1n) is 6.44. The number of hydrogen-bond acceptors (Lipinski definition) is 5. The summed E-state index contributed by atoms with van der Waals surface area (Å²) in [7, 11) is 0. The molecule has 0 aliphatic heterocycles. The highest BCUT2D eigenvalue weighted by Crippen LogP contribution is 2.19. The number of hydrogen-bond donors (Lipinski definition) is 3. The number of nitrogens with zero attached hydrogens (tertiary/aromatic N) is 1. The van der Waals surface area contributed by atoms with Crippen LogP contribution < -0.4 is 16.0 Å². The number of rotatable bonds is 6. The molecule has 0 bridgehead atoms. The van der Waals surface area contributed by atoms with Gasteiger partial charge in [-0.15, -0.1) is 11.3 Å². The van der Waals surface area contributed by atoms with Crippen molar-refractivity contribution in [3.05, 3.63) is 41.4 Å². The second-order valence-electron chi connectivity index (χ2n) is 4.28. The third-order valence-corrected chi connectivity index (χ3v) is 3.28. The van der Waals surface area contributed by atoms with E-state index in [1.807, 2.05) is 11.4 Å². The largest absolute Gasteiger partial charge is 0.355 e. The summed E-state index contributed by atoms with van der Waals surface area (Å²) in [5.74, 6) is -0.290. The minimum Gasteiger partial charge on any atom is -0.355 e. The summed E-state index contributed by atoms with van der Waals surface area (Å²) in [6, 6.07) is 7.17. The van der Waals surface area contributed by atoms with Crippen molar-refractivity contribution in [1.29, 1.82) is 0 Å². The van der Waals surface area contributed by atoms with Gasteiger partial charge in [0.15, 0.2) is 5.13 Å². The van der Waals surface area contributed by atoms with Gasteiger partial charge in [0.2, 0.25) is 5.91 Å². The van der Waals surface area contributed by atoms with Crippen LogP contribution in [0.15, 0.2) is 35.8 Å². The van der Waals surface area contributed by atoms with Crippen molar-refractivity contribution in [1.82, 2.24) is 15.6 Å². The summed E-state index contributed by atoms with van der Waals surface area (Å²) in [5.41, 5.74) is 1.36. The Balaban J connectivity index is 1.90. The molecule has 0 radical (unpaired) electrons. The van der Waals surface area contributed by atoms with E-state index in [1.165, 1.54) is 18.3 Å². The van der Waals surface area contributed by atoms with Gasteiger partial charge < -0.3 is 16.0 Å². The highest BCUT2D eigenvalue weighted by Gasteiger charge is 2.06. The van der Waals surface area contributed by atoms with Gasteiger partial charge >= 0.3 is 0 Å². The number of thiazole rings is 1. The summed E-state index contributed by atoms with van der Waals surface area (Å²) >= 11 is 1.49. The van der Waals surface area contributed by atoms with E-state index < -0.39 is 0 Å². The van der Waals surface area contributed by atoms with E-state index in [2.05, 4.69) is 20.9 Å². The Bertz CT molecular complexity index is 613. The van der Waals surface area contributed by atoms with E-state index in [1.54, 1.807) is 24.4 Å². The summed E-state index contributed by atoms with van der Waals surface area (Å²) in [5, 5.41) is 11.2. The molecule has 110 valence electrons. The SMILES string of the molecule is CC(=O)NCCNC(=O)c1cccc(Nc2nccs2)c1. The van der Waals surface area contributed by atoms with E-state index in [9.17, 15) is 9.59 Å². The van der Waals surface area contributed by atoms with Gasteiger partial charge in [0, 0.05) is 42.8 Å². The Labute approximate surface area is 126 Å². The van der Waals surface area contributed by atoms with Crippen LogP contribution in [0.4, 0.5) is 10.8 Å². The number of carbonyl (C=O) groups excluding carboxylic acids is 2. The average molecular weight is 304 g/mol. The van der Waals surface area contributed by atoms with Crippen molar-refractivity contribution >= 4 is 34.0 Å². The van der Waals surface area contributed by atoms with Crippen LogP contribution >= 0.6 is 11.3 Å². The fraction of sp³-hybridized carbons (Fsp3) is 0.214. The fourth-order valence-electron chi connectivity index (χ4n) is 1.66. The zero-order valence-electron chi connectivity index (χ0n) is 11.6. The van der Waals surface area contributed by atoms with Gasteiger partial charge in [0.25, 0.3) is 5.91 Å². The molecule has 1 heterocycles. The van der Waals surface area contributed by atoms with Crippen molar-refractivity contribution in [3.63, 3.8) is 0 Å². The maximum Gasteiger partial charge on any atom is 0.251 e. The van der Waals surface area contributed by atoms with Crippen molar-refractivity contribution in [2.24, 2.45) is 0 Å². The first-order chi connectivity index (χ1) is 10.1. The molecule has 0 aliphatic rings. The Kier molecular flexibility index (Phi) is 5.28. The van der Waals surface area contributed by atoms with Crippen LogP contribution in [-0.2, 0) is 4.79 Å². The Morgan fingerprint density at radius 1 is 1.24 bits per heavy atom. The number of nitrogens with one attached hydrogen (secondary N) is 3. The third-order valence-electron chi connectivity index (χ3n) is 2.59. The molecular weight excluding hydrogens is 288 g/mol. The highest BCUT2D eigenvalue weighted by molar-refractivity contribution is 7.13. The van der Waals surface area contributed by atoms with Crippen LogP contribution in [0.5, 0.6) is 0 Å². The van der Waals surface area contributed by atoms with Gasteiger partial charge in [-0.05, 0) is 18.2 Å². The van der Waals surface area contributed by atoms with Gasteiger partial charge in [-0.1, -0.05) is 6.07 Å². The molecule has 0 unspecified atom stereocenters. The summed E-state index contributed by atoms with van der Waals surface area (Å²) in [6.45, 7) is 2.25. The quantitative estimate of drug-likeness (QED) is 0.710. The molecule has 6 nitrogen and oxygen atoms in total. The summed E-state index contributed by atoms with van der Waals surface area (Å²) < 4.78 is 0. The lowest BCUT2D eigenvalue weighted by Gasteiger charge is -2.08. The first kappa shape index (κ1) is 15.0. The molecule has 0 spiro atoms. The fourth-order valence-corrected chi connectivity index (χ4v) is 2.21. The molecule has 0 saturated heterocycles. The lowest BCUT2D eigenvalue weighted by Crippen LogP contribution is -2.33. The molecule has 2 rings (SSSR count). The Morgan fingerprint density at radius 3 is 2.76 bits per heavy atom. The molecule has 0 atom stereocenters. The molecule has 7 heteroatoms. The number of benzene rings is 1. The molecule has 1 aromatic carbocycles. The average Bonchev–Trinajstić information content (AvgIpc) is 2.96. The van der Waals surface area contributed by atoms with Crippen molar-refractivity contribution in [2.45, 2.75) is 6.92 Å². The van der Waals surface area contributed by atoms with Crippen molar-refractivity contribution < 1.29 is 9.59 Å². The van der Waals surface area contributed by atoms with Gasteiger partial charge in [0.1, 0.15) is 0 Å². The van der Waals surface area contributed by atoms with E-state index in [-0.39, 0.29) is 11.8 Å². The lowest BCUT2D eigenvalue weighted by atomic mass is 10.2. The second kappa shape index (κ2) is 7.39. The molecule has 3 N–H and O–H groups in total. The number of amides is 2. The monoisotopic (exact) mass is 304 g/mol. The van der Waals surface area contributed by atoms with Crippen LogP contribution in [0.2, 0.25) is 0 Å². The molecule has 2 aromatic rings. The standard InChI is InChI=1S/C14H16N4O2S/c1-10(19)15-5-6-16-13(20)11-3-2-4-12(9-11)18-14-17-7-8-21-14/h2-4,7-9H,5-6H2,1H3,(H,15,19)(H,16,20)(H,17,18). The Hall–Kier alpha value is -2.41. The number of carbonyl (C=O) groups is 2. The second-order valence-corrected chi connectivity index (χ2v) is 5.18. The molecule has 0 saturated carbocycles. The van der Waals surface area contributed by atoms with Gasteiger partial charge in [-0.3, -0.25) is 9.59 Å². The highest BCUT2D eigenvalue weighted by atomic mass is 32.1. The molecule has 2 amide bonds. The van der Waals surface area contributed by atoms with Crippen LogP contribution in [-0.4, -0.2) is 29.9 Å². The predicted molar refractivity (Wildman–Crippen MR) is 82.9 cm³/mol. The van der Waals surface area contributed by atoms with E-state index >= 15 is 0 Å². The molecule has 0 fully saturated rings. The topological polar surface area (TPSA) is 83.1 Å². The third kappa shape index (κ3) is 4.88. The minimum absolute atomic E-state index is 0.112. The van der Waals surface area contributed by atoms with Crippen LogP contribution in [0.25, 0.3) is 0 Å². The van der Waals surface area contributed by atoms with E-state index in [0.717, 1.165) is 10.8 Å². The number of anilines is 2. The molecular formula is C14H16N4O2S. The lowest BCUT2D eigenvalue weighted by molar-refractivity contribution is -0.118. The first-order valence-corrected chi connectivity index (χ1v) is 7.32. The maximum atomic E-state index is 12.0. The van der Waals surface area contributed by atoms with Crippen LogP contribution in [0.1, 0.15) is 17.3 Å².